The smallest absolute Gasteiger partial charge is 0.342 e. The number of anilines is 1. The number of pyridine rings is 2. The first-order chi connectivity index (χ1) is 13.0. The van der Waals surface area contributed by atoms with Crippen molar-refractivity contribution in [1.82, 2.24) is 19.9 Å². The first kappa shape index (κ1) is 16.9. The molecule has 0 radical (unpaired) electrons. The van der Waals surface area contributed by atoms with E-state index >= 15 is 0 Å². The van der Waals surface area contributed by atoms with Gasteiger partial charge in [0.25, 0.3) is 0 Å². The summed E-state index contributed by atoms with van der Waals surface area (Å²) in [6.07, 6.45) is 1.57. The Morgan fingerprint density at radius 2 is 2.00 bits per heavy atom. The van der Waals surface area contributed by atoms with Gasteiger partial charge in [-0.3, -0.25) is 14.9 Å². The molecule has 0 amide bonds. The van der Waals surface area contributed by atoms with Crippen LogP contribution in [0.25, 0.3) is 10.2 Å². The number of piperazine rings is 1. The summed E-state index contributed by atoms with van der Waals surface area (Å²) in [5.74, 6) is 0. The first-order valence-electron chi connectivity index (χ1n) is 8.71. The van der Waals surface area contributed by atoms with Crippen LogP contribution in [0.4, 0.5) is 18.3 Å². The Hall–Kier alpha value is -2.26. The van der Waals surface area contributed by atoms with Gasteiger partial charge in [-0.2, -0.15) is 13.2 Å². The lowest BCUT2D eigenvalue weighted by Crippen LogP contribution is -2.46. The van der Waals surface area contributed by atoms with E-state index in [-0.39, 0.29) is 0 Å². The van der Waals surface area contributed by atoms with Crippen LogP contribution >= 0.6 is 11.3 Å². The molecule has 0 saturated carbocycles. The van der Waals surface area contributed by atoms with E-state index in [9.17, 15) is 13.2 Å². The number of aromatic nitrogens is 3. The molecule has 5 nitrogen and oxygen atoms in total. The maximum Gasteiger partial charge on any atom is 0.433 e. The van der Waals surface area contributed by atoms with Crippen molar-refractivity contribution in [2.75, 3.05) is 18.0 Å². The average molecular weight is 391 g/mol. The van der Waals surface area contributed by atoms with E-state index < -0.39 is 11.9 Å². The third kappa shape index (κ3) is 3.04. The van der Waals surface area contributed by atoms with Gasteiger partial charge >= 0.3 is 6.18 Å². The zero-order valence-electron chi connectivity index (χ0n) is 14.2. The van der Waals surface area contributed by atoms with Crippen molar-refractivity contribution in [1.29, 1.82) is 0 Å². The SMILES string of the molecule is FC(F)(F)c1ccc(CN2CC3CC2CN3c2nc3cnccc3s2)cn1. The second-order valence-corrected chi connectivity index (χ2v) is 8.02. The lowest BCUT2D eigenvalue weighted by Gasteiger charge is -2.34. The minimum absolute atomic E-state index is 0.391. The highest BCUT2D eigenvalue weighted by Crippen LogP contribution is 2.38. The van der Waals surface area contributed by atoms with Crippen LogP contribution in [-0.2, 0) is 12.7 Å². The van der Waals surface area contributed by atoms with E-state index in [4.69, 9.17) is 4.98 Å². The van der Waals surface area contributed by atoms with Crippen molar-refractivity contribution in [2.24, 2.45) is 0 Å². The van der Waals surface area contributed by atoms with Crippen molar-refractivity contribution in [3.05, 3.63) is 48.0 Å². The van der Waals surface area contributed by atoms with Gasteiger partial charge in [-0.05, 0) is 24.1 Å². The molecule has 9 heteroatoms. The highest BCUT2D eigenvalue weighted by atomic mass is 32.1. The van der Waals surface area contributed by atoms with Crippen LogP contribution in [-0.4, -0.2) is 45.0 Å². The summed E-state index contributed by atoms with van der Waals surface area (Å²) in [4.78, 5) is 17.1. The van der Waals surface area contributed by atoms with Crippen LogP contribution in [0.5, 0.6) is 0 Å². The van der Waals surface area contributed by atoms with Gasteiger partial charge in [-0.25, -0.2) is 4.98 Å². The van der Waals surface area contributed by atoms with Crippen molar-refractivity contribution < 1.29 is 13.2 Å². The topological polar surface area (TPSA) is 45.2 Å². The zero-order chi connectivity index (χ0) is 18.6. The predicted molar refractivity (Wildman–Crippen MR) is 96.6 cm³/mol. The van der Waals surface area contributed by atoms with Crippen molar-refractivity contribution in [2.45, 2.75) is 31.2 Å². The van der Waals surface area contributed by atoms with E-state index in [1.807, 2.05) is 6.07 Å². The van der Waals surface area contributed by atoms with Crippen LogP contribution in [0, 0.1) is 0 Å². The number of nitrogens with zero attached hydrogens (tertiary/aromatic N) is 5. The monoisotopic (exact) mass is 391 g/mol. The number of halogens is 3. The summed E-state index contributed by atoms with van der Waals surface area (Å²) in [5.41, 5.74) is 0.895. The number of likely N-dealkylation sites (tertiary alicyclic amines) is 1. The standard InChI is InChI=1S/C18H16F3N5S/c19-18(20,21)16-2-1-11(6-23-16)8-25-9-13-5-12(25)10-26(13)17-24-14-7-22-4-3-15(14)27-17/h1-4,6-7,12-13H,5,8-10H2. The maximum absolute atomic E-state index is 12.6. The third-order valence-electron chi connectivity index (χ3n) is 5.28. The molecule has 140 valence electrons. The van der Waals surface area contributed by atoms with Crippen molar-refractivity contribution in [3.8, 4) is 0 Å². The highest BCUT2D eigenvalue weighted by molar-refractivity contribution is 7.22. The van der Waals surface area contributed by atoms with Crippen molar-refractivity contribution >= 4 is 26.7 Å². The molecule has 0 aromatic carbocycles. The van der Waals surface area contributed by atoms with Gasteiger partial charge < -0.3 is 4.90 Å². The minimum atomic E-state index is -4.39. The van der Waals surface area contributed by atoms with Gasteiger partial charge in [0.05, 0.1) is 10.9 Å². The number of thiazole rings is 1. The normalized spacial score (nSPS) is 22.9. The molecule has 2 fully saturated rings. The summed E-state index contributed by atoms with van der Waals surface area (Å²) in [6.45, 7) is 2.41. The van der Waals surface area contributed by atoms with Gasteiger partial charge in [-0.15, -0.1) is 0 Å². The van der Waals surface area contributed by atoms with Crippen LogP contribution in [0.1, 0.15) is 17.7 Å². The maximum atomic E-state index is 12.6. The van der Waals surface area contributed by atoms with Crippen LogP contribution in [0.15, 0.2) is 36.8 Å². The fourth-order valence-corrected chi connectivity index (χ4v) is 5.00. The number of hydrogen-bond acceptors (Lipinski definition) is 6. The average Bonchev–Trinajstić information content (AvgIpc) is 3.34. The number of rotatable bonds is 3. The summed E-state index contributed by atoms with van der Waals surface area (Å²) in [5, 5.41) is 1.03. The molecule has 2 saturated heterocycles. The van der Waals surface area contributed by atoms with Crippen LogP contribution in [0.2, 0.25) is 0 Å². The molecule has 0 aliphatic carbocycles. The molecule has 2 atom stereocenters. The molecule has 0 spiro atoms. The quantitative estimate of drug-likeness (QED) is 0.683. The molecule has 3 aromatic heterocycles. The molecule has 2 unspecified atom stereocenters. The summed E-state index contributed by atoms with van der Waals surface area (Å²) < 4.78 is 39.1. The van der Waals surface area contributed by atoms with Crippen LogP contribution in [0.3, 0.4) is 0 Å². The Morgan fingerprint density at radius 3 is 2.67 bits per heavy atom. The summed E-state index contributed by atoms with van der Waals surface area (Å²) in [7, 11) is 0. The number of hydrogen-bond donors (Lipinski definition) is 0. The molecular weight excluding hydrogens is 375 g/mol. The fraction of sp³-hybridized carbons (Fsp3) is 0.389. The summed E-state index contributed by atoms with van der Waals surface area (Å²) in [6, 6.07) is 5.35. The Balaban J connectivity index is 1.27. The zero-order valence-corrected chi connectivity index (χ0v) is 15.0. The Morgan fingerprint density at radius 1 is 1.11 bits per heavy atom. The van der Waals surface area contributed by atoms with Gasteiger partial charge in [0.2, 0.25) is 0 Å². The summed E-state index contributed by atoms with van der Waals surface area (Å²) >= 11 is 1.68. The fourth-order valence-electron chi connectivity index (χ4n) is 3.99. The van der Waals surface area contributed by atoms with Crippen LogP contribution < -0.4 is 4.90 Å². The second-order valence-electron chi connectivity index (χ2n) is 7.01. The molecule has 5 rings (SSSR count). The van der Waals surface area contributed by atoms with E-state index in [0.717, 1.165) is 46.5 Å². The molecule has 3 aromatic rings. The molecule has 5 heterocycles. The van der Waals surface area contributed by atoms with E-state index in [1.54, 1.807) is 23.7 Å². The Labute approximate surface area is 157 Å². The van der Waals surface area contributed by atoms with Gasteiger partial charge in [0.15, 0.2) is 5.13 Å². The Kier molecular flexibility index (Phi) is 3.83. The molecule has 27 heavy (non-hydrogen) atoms. The van der Waals surface area contributed by atoms with E-state index in [2.05, 4.69) is 19.8 Å². The Bertz CT molecular complexity index is 938. The molecule has 2 aliphatic rings. The third-order valence-corrected chi connectivity index (χ3v) is 6.35. The van der Waals surface area contributed by atoms with Gasteiger partial charge in [0.1, 0.15) is 11.2 Å². The van der Waals surface area contributed by atoms with Crippen molar-refractivity contribution in [3.63, 3.8) is 0 Å². The molecular formula is C18H16F3N5S. The second kappa shape index (κ2) is 6.13. The van der Waals surface area contributed by atoms with Gasteiger partial charge in [-0.1, -0.05) is 17.4 Å². The molecule has 0 N–H and O–H groups in total. The first-order valence-corrected chi connectivity index (χ1v) is 9.52. The highest BCUT2D eigenvalue weighted by Gasteiger charge is 2.44. The van der Waals surface area contributed by atoms with E-state index in [1.165, 1.54) is 12.3 Å². The van der Waals surface area contributed by atoms with E-state index in [0.29, 0.717) is 18.6 Å². The van der Waals surface area contributed by atoms with Gasteiger partial charge in [0, 0.05) is 44.1 Å². The molecule has 2 aliphatic heterocycles. The largest absolute Gasteiger partial charge is 0.433 e. The number of fused-ring (bicyclic) bond motifs is 3. The minimum Gasteiger partial charge on any atom is -0.342 e. The molecule has 2 bridgehead atoms. The number of alkyl halides is 3. The predicted octanol–water partition coefficient (Wildman–Crippen LogP) is 3.57. The lowest BCUT2D eigenvalue weighted by molar-refractivity contribution is -0.141. The lowest BCUT2D eigenvalue weighted by atomic mass is 10.2.